The van der Waals surface area contributed by atoms with E-state index >= 15 is 0 Å². The molecule has 0 saturated heterocycles. The van der Waals surface area contributed by atoms with Crippen molar-refractivity contribution in [1.82, 2.24) is 15.2 Å². The van der Waals surface area contributed by atoms with Crippen LogP contribution in [0.2, 0.25) is 5.02 Å². The van der Waals surface area contributed by atoms with Crippen molar-refractivity contribution in [2.75, 3.05) is 13.2 Å². The lowest BCUT2D eigenvalue weighted by Gasteiger charge is -2.23. The van der Waals surface area contributed by atoms with Gasteiger partial charge in [-0.05, 0) is 73.0 Å². The summed E-state index contributed by atoms with van der Waals surface area (Å²) in [6.07, 6.45) is 3.30. The second-order valence-electron chi connectivity index (χ2n) is 8.15. The molecule has 0 saturated carbocycles. The van der Waals surface area contributed by atoms with Crippen molar-refractivity contribution in [2.45, 2.75) is 24.8 Å². The molecule has 2 aromatic carbocycles. The van der Waals surface area contributed by atoms with Crippen molar-refractivity contribution in [3.8, 4) is 0 Å². The number of hydrazine groups is 1. The minimum atomic E-state index is -3.92. The summed E-state index contributed by atoms with van der Waals surface area (Å²) in [5.41, 5.74) is 6.21. The van der Waals surface area contributed by atoms with Crippen molar-refractivity contribution < 1.29 is 27.2 Å². The number of hydrogen-bond donors (Lipinski definition) is 2. The number of ether oxygens (including phenoxy) is 1. The Morgan fingerprint density at radius 1 is 1.11 bits per heavy atom. The fourth-order valence-corrected chi connectivity index (χ4v) is 4.71. The van der Waals surface area contributed by atoms with E-state index in [0.717, 1.165) is 16.7 Å². The number of amides is 1. The Morgan fingerprint density at radius 3 is 2.53 bits per heavy atom. The molecule has 2 N–H and O–H groups in total. The maximum atomic E-state index is 12.9. The van der Waals surface area contributed by atoms with E-state index in [9.17, 15) is 18.0 Å². The summed E-state index contributed by atoms with van der Waals surface area (Å²) in [7, 11) is -3.92. The van der Waals surface area contributed by atoms with Crippen LogP contribution in [0.5, 0.6) is 0 Å². The standard InChI is InChI=1S/C25H24ClN3O6S/c1-16-5-10-20(12-17(16)2)36(32,33)27-14-25(31)35-15-24(30)29-22(23-4-3-11-34-23)13-21(28-29)18-6-8-19(26)9-7-18/h3-13,22,27-28H,14-15H2,1-2H3/t22-/m0/s1. The molecule has 0 aliphatic carbocycles. The van der Waals surface area contributed by atoms with E-state index in [1.54, 1.807) is 55.5 Å². The molecular formula is C25H24ClN3O6S. The highest BCUT2D eigenvalue weighted by atomic mass is 35.5. The molecule has 36 heavy (non-hydrogen) atoms. The lowest BCUT2D eigenvalue weighted by molar-refractivity contribution is -0.152. The molecule has 4 rings (SSSR count). The summed E-state index contributed by atoms with van der Waals surface area (Å²) >= 11 is 5.97. The highest BCUT2D eigenvalue weighted by Gasteiger charge is 2.33. The van der Waals surface area contributed by atoms with E-state index in [1.807, 2.05) is 6.92 Å². The number of sulfonamides is 1. The average molecular weight is 530 g/mol. The predicted octanol–water partition coefficient (Wildman–Crippen LogP) is 3.50. The van der Waals surface area contributed by atoms with Gasteiger partial charge in [-0.25, -0.2) is 13.4 Å². The van der Waals surface area contributed by atoms with Gasteiger partial charge in [0.05, 0.1) is 16.9 Å². The molecule has 1 aliphatic heterocycles. The Kier molecular flexibility index (Phi) is 7.48. The van der Waals surface area contributed by atoms with Gasteiger partial charge in [0.2, 0.25) is 10.0 Å². The Hall–Kier alpha value is -3.60. The summed E-state index contributed by atoms with van der Waals surface area (Å²) in [5.74, 6) is -0.940. The maximum Gasteiger partial charge on any atom is 0.321 e. The van der Waals surface area contributed by atoms with E-state index in [2.05, 4.69) is 10.1 Å². The minimum Gasteiger partial charge on any atom is -0.467 e. The number of carbonyl (C=O) groups excluding carboxylic acids is 2. The summed E-state index contributed by atoms with van der Waals surface area (Å²) in [6.45, 7) is 2.44. The molecule has 0 bridgehead atoms. The molecule has 1 amide bonds. The van der Waals surface area contributed by atoms with Gasteiger partial charge in [-0.2, -0.15) is 4.72 Å². The predicted molar refractivity (Wildman–Crippen MR) is 133 cm³/mol. The van der Waals surface area contributed by atoms with Crippen LogP contribution in [0.4, 0.5) is 0 Å². The normalized spacial score (nSPS) is 15.4. The molecule has 0 spiro atoms. The van der Waals surface area contributed by atoms with E-state index in [4.69, 9.17) is 20.8 Å². The summed E-state index contributed by atoms with van der Waals surface area (Å²) in [6, 6.07) is 14.6. The zero-order valence-corrected chi connectivity index (χ0v) is 21.1. The monoisotopic (exact) mass is 529 g/mol. The SMILES string of the molecule is Cc1ccc(S(=O)(=O)NCC(=O)OCC(=O)N2NC(c3ccc(Cl)cc3)=C[C@H]2c2ccco2)cc1C. The maximum absolute atomic E-state index is 12.9. The van der Waals surface area contributed by atoms with Crippen LogP contribution in [0.3, 0.4) is 0 Å². The van der Waals surface area contributed by atoms with Crippen LogP contribution < -0.4 is 10.1 Å². The lowest BCUT2D eigenvalue weighted by Crippen LogP contribution is -2.42. The van der Waals surface area contributed by atoms with Gasteiger partial charge in [0.15, 0.2) is 6.61 Å². The van der Waals surface area contributed by atoms with Crippen molar-refractivity contribution in [1.29, 1.82) is 0 Å². The first-order chi connectivity index (χ1) is 17.1. The molecule has 0 unspecified atom stereocenters. The van der Waals surface area contributed by atoms with Crippen LogP contribution in [0.15, 0.2) is 76.2 Å². The molecule has 11 heteroatoms. The van der Waals surface area contributed by atoms with Gasteiger partial charge in [0.1, 0.15) is 18.3 Å². The van der Waals surface area contributed by atoms with Crippen LogP contribution in [0.25, 0.3) is 5.70 Å². The number of rotatable bonds is 8. The molecule has 1 aliphatic rings. The van der Waals surface area contributed by atoms with Gasteiger partial charge in [0.25, 0.3) is 5.91 Å². The largest absolute Gasteiger partial charge is 0.467 e. The van der Waals surface area contributed by atoms with Gasteiger partial charge in [0, 0.05) is 5.02 Å². The fourth-order valence-electron chi connectivity index (χ4n) is 3.53. The Labute approximate surface area is 213 Å². The fraction of sp³-hybridized carbons (Fsp3) is 0.200. The molecule has 0 fully saturated rings. The summed E-state index contributed by atoms with van der Waals surface area (Å²) in [5, 5.41) is 1.86. The average Bonchev–Trinajstić information content (AvgIpc) is 3.54. The number of nitrogens with one attached hydrogen (secondary N) is 2. The number of benzene rings is 2. The number of nitrogens with zero attached hydrogens (tertiary/aromatic N) is 1. The zero-order valence-electron chi connectivity index (χ0n) is 19.5. The zero-order chi connectivity index (χ0) is 25.9. The molecule has 0 radical (unpaired) electrons. The van der Waals surface area contributed by atoms with E-state index in [1.165, 1.54) is 23.4 Å². The third-order valence-electron chi connectivity index (χ3n) is 5.65. The van der Waals surface area contributed by atoms with Gasteiger partial charge >= 0.3 is 5.97 Å². The van der Waals surface area contributed by atoms with Crippen molar-refractivity contribution in [2.24, 2.45) is 0 Å². The van der Waals surface area contributed by atoms with E-state index in [0.29, 0.717) is 16.5 Å². The number of furan rings is 1. The highest BCUT2D eigenvalue weighted by molar-refractivity contribution is 7.89. The number of esters is 1. The van der Waals surface area contributed by atoms with Crippen molar-refractivity contribution >= 4 is 39.2 Å². The van der Waals surface area contributed by atoms with Crippen LogP contribution in [0.1, 0.15) is 28.5 Å². The van der Waals surface area contributed by atoms with Crippen molar-refractivity contribution in [3.05, 3.63) is 94.4 Å². The number of hydrogen-bond acceptors (Lipinski definition) is 7. The molecule has 188 valence electrons. The quantitative estimate of drug-likeness (QED) is 0.429. The van der Waals surface area contributed by atoms with Crippen LogP contribution >= 0.6 is 11.6 Å². The van der Waals surface area contributed by atoms with Gasteiger partial charge in [-0.1, -0.05) is 29.8 Å². The van der Waals surface area contributed by atoms with Crippen molar-refractivity contribution in [3.63, 3.8) is 0 Å². The first-order valence-electron chi connectivity index (χ1n) is 11.0. The van der Waals surface area contributed by atoms with Gasteiger partial charge in [-0.3, -0.25) is 15.0 Å². The molecule has 9 nitrogen and oxygen atoms in total. The third-order valence-corrected chi connectivity index (χ3v) is 7.30. The first kappa shape index (κ1) is 25.5. The van der Waals surface area contributed by atoms with E-state index in [-0.39, 0.29) is 4.90 Å². The first-order valence-corrected chi connectivity index (χ1v) is 12.8. The van der Waals surface area contributed by atoms with Gasteiger partial charge in [-0.15, -0.1) is 0 Å². The number of aryl methyl sites for hydroxylation is 2. The van der Waals surface area contributed by atoms with Gasteiger partial charge < -0.3 is 9.15 Å². The Morgan fingerprint density at radius 2 is 1.86 bits per heavy atom. The molecular weight excluding hydrogens is 506 g/mol. The summed E-state index contributed by atoms with van der Waals surface area (Å²) in [4.78, 5) is 25.2. The molecule has 3 aromatic rings. The Bertz CT molecular complexity index is 1400. The molecule has 1 atom stereocenters. The summed E-state index contributed by atoms with van der Waals surface area (Å²) < 4.78 is 37.7. The topological polar surface area (TPSA) is 118 Å². The number of halogens is 1. The second-order valence-corrected chi connectivity index (χ2v) is 10.4. The van der Waals surface area contributed by atoms with Crippen LogP contribution in [-0.2, 0) is 24.3 Å². The molecule has 1 aromatic heterocycles. The second kappa shape index (κ2) is 10.6. The molecule has 2 heterocycles. The lowest BCUT2D eigenvalue weighted by atomic mass is 10.1. The smallest absolute Gasteiger partial charge is 0.321 e. The number of carbonyl (C=O) groups is 2. The third kappa shape index (κ3) is 5.78. The Balaban J connectivity index is 1.37. The highest BCUT2D eigenvalue weighted by Crippen LogP contribution is 2.32. The minimum absolute atomic E-state index is 0.0397. The van der Waals surface area contributed by atoms with Crippen LogP contribution in [-0.4, -0.2) is 38.5 Å². The van der Waals surface area contributed by atoms with Crippen LogP contribution in [0, 0.1) is 13.8 Å². The van der Waals surface area contributed by atoms with E-state index < -0.39 is 41.1 Å².